The average Bonchev–Trinajstić information content (AvgIpc) is 3.33. The van der Waals surface area contributed by atoms with E-state index in [0.29, 0.717) is 12.2 Å². The van der Waals surface area contributed by atoms with Crippen molar-refractivity contribution < 1.29 is 24.6 Å². The second kappa shape index (κ2) is 12.6. The lowest BCUT2D eigenvalue weighted by Gasteiger charge is -2.14. The predicted molar refractivity (Wildman–Crippen MR) is 122 cm³/mol. The highest BCUT2D eigenvalue weighted by atomic mass is 32.2. The van der Waals surface area contributed by atoms with Gasteiger partial charge in [-0.05, 0) is 59.8 Å². The lowest BCUT2D eigenvalue weighted by Crippen LogP contribution is -2.45. The third-order valence-electron chi connectivity index (χ3n) is 5.06. The molecule has 2 atom stereocenters. The van der Waals surface area contributed by atoms with Gasteiger partial charge >= 0.3 is 11.9 Å². The van der Waals surface area contributed by atoms with Crippen LogP contribution in [0.1, 0.15) is 72.6 Å². The molecule has 0 radical (unpaired) electrons. The maximum Gasteiger partial charge on any atom is 0.330 e. The van der Waals surface area contributed by atoms with Crippen molar-refractivity contribution in [3.8, 4) is 0 Å². The summed E-state index contributed by atoms with van der Waals surface area (Å²) in [4.78, 5) is 34.0. The van der Waals surface area contributed by atoms with Gasteiger partial charge in [0.25, 0.3) is 0 Å². The van der Waals surface area contributed by atoms with Crippen LogP contribution in [0.4, 0.5) is 0 Å². The fourth-order valence-corrected chi connectivity index (χ4v) is 4.46. The molecule has 0 saturated heterocycles. The molecule has 1 fully saturated rings. The van der Waals surface area contributed by atoms with Crippen molar-refractivity contribution in [1.29, 1.82) is 0 Å². The molecule has 1 saturated carbocycles. The SMILES string of the molecule is CC(C)=CCC/C(C)=C/CC/C(C)=C/CS[C@@H]1CC1(NC(=O)CCC(=O)O)C(=O)O. The number of amides is 1. The lowest BCUT2D eigenvalue weighted by molar-refractivity contribution is -0.143. The maximum atomic E-state index is 11.8. The van der Waals surface area contributed by atoms with Crippen LogP contribution < -0.4 is 5.32 Å². The monoisotopic (exact) mass is 437 g/mol. The first-order valence-corrected chi connectivity index (χ1v) is 11.4. The molecule has 3 N–H and O–H groups in total. The van der Waals surface area contributed by atoms with E-state index < -0.39 is 23.4 Å². The molecule has 6 nitrogen and oxygen atoms in total. The molecule has 1 aliphatic rings. The molecule has 1 rings (SSSR count). The van der Waals surface area contributed by atoms with E-state index in [2.05, 4.69) is 51.2 Å². The van der Waals surface area contributed by atoms with Gasteiger partial charge in [0, 0.05) is 17.4 Å². The number of carboxylic acids is 2. The highest BCUT2D eigenvalue weighted by molar-refractivity contribution is 8.00. The van der Waals surface area contributed by atoms with Gasteiger partial charge in [0.05, 0.1) is 6.42 Å². The number of carbonyl (C=O) groups is 3. The minimum absolute atomic E-state index is 0.190. The van der Waals surface area contributed by atoms with Crippen molar-refractivity contribution in [3.63, 3.8) is 0 Å². The molecule has 7 heteroatoms. The highest BCUT2D eigenvalue weighted by Gasteiger charge is 2.61. The van der Waals surface area contributed by atoms with Crippen LogP contribution >= 0.6 is 11.8 Å². The minimum Gasteiger partial charge on any atom is -0.481 e. The summed E-state index contributed by atoms with van der Waals surface area (Å²) >= 11 is 1.52. The fourth-order valence-electron chi connectivity index (χ4n) is 3.02. The summed E-state index contributed by atoms with van der Waals surface area (Å²) in [5.74, 6) is -1.96. The van der Waals surface area contributed by atoms with Crippen LogP contribution in [-0.2, 0) is 14.4 Å². The van der Waals surface area contributed by atoms with Crippen LogP contribution in [0.25, 0.3) is 0 Å². The Labute approximate surface area is 183 Å². The van der Waals surface area contributed by atoms with E-state index in [1.54, 1.807) is 0 Å². The van der Waals surface area contributed by atoms with Crippen LogP contribution in [0.5, 0.6) is 0 Å². The van der Waals surface area contributed by atoms with E-state index in [1.165, 1.54) is 28.5 Å². The zero-order valence-corrected chi connectivity index (χ0v) is 19.3. The molecule has 168 valence electrons. The van der Waals surface area contributed by atoms with Gasteiger partial charge in [0.2, 0.25) is 5.91 Å². The van der Waals surface area contributed by atoms with Crippen molar-refractivity contribution in [2.75, 3.05) is 5.75 Å². The minimum atomic E-state index is -1.26. The molecule has 0 heterocycles. The Kier molecular flexibility index (Phi) is 10.9. The molecule has 1 unspecified atom stereocenters. The Hall–Kier alpha value is -2.02. The van der Waals surface area contributed by atoms with Crippen molar-refractivity contribution in [1.82, 2.24) is 5.32 Å². The van der Waals surface area contributed by atoms with Crippen molar-refractivity contribution in [3.05, 3.63) is 34.9 Å². The van der Waals surface area contributed by atoms with Gasteiger partial charge < -0.3 is 15.5 Å². The van der Waals surface area contributed by atoms with Crippen molar-refractivity contribution in [2.45, 2.75) is 83.4 Å². The van der Waals surface area contributed by atoms with Crippen LogP contribution in [-0.4, -0.2) is 44.6 Å². The van der Waals surface area contributed by atoms with Crippen LogP contribution in [0.3, 0.4) is 0 Å². The summed E-state index contributed by atoms with van der Waals surface area (Å²) in [7, 11) is 0. The summed E-state index contributed by atoms with van der Waals surface area (Å²) in [5, 5.41) is 20.5. The van der Waals surface area contributed by atoms with Gasteiger partial charge in [-0.3, -0.25) is 9.59 Å². The first kappa shape index (κ1) is 26.0. The van der Waals surface area contributed by atoms with Crippen molar-refractivity contribution in [2.24, 2.45) is 0 Å². The Morgan fingerprint density at radius 2 is 1.53 bits per heavy atom. The van der Waals surface area contributed by atoms with Crippen molar-refractivity contribution >= 4 is 29.6 Å². The van der Waals surface area contributed by atoms with E-state index in [1.807, 2.05) is 0 Å². The van der Waals surface area contributed by atoms with Crippen LogP contribution in [0, 0.1) is 0 Å². The lowest BCUT2D eigenvalue weighted by atomic mass is 10.1. The standard InChI is InChI=1S/C23H35NO5S/c1-16(2)7-5-8-17(3)9-6-10-18(4)13-14-30-19-15-23(19,22(28)29)24-20(25)11-12-21(26)27/h7,9,13,19H,5-6,8,10-12,14-15H2,1-4H3,(H,24,25)(H,26,27)(H,28,29)/b17-9+,18-13+/t19-,23?/m1/s1. The number of nitrogens with one attached hydrogen (secondary N) is 1. The number of allylic oxidation sites excluding steroid dienone is 5. The highest BCUT2D eigenvalue weighted by Crippen LogP contribution is 2.46. The number of carboxylic acid groups (broad SMARTS) is 2. The van der Waals surface area contributed by atoms with E-state index in [4.69, 9.17) is 5.11 Å². The quantitative estimate of drug-likeness (QED) is 0.340. The van der Waals surface area contributed by atoms with E-state index in [0.717, 1.165) is 25.7 Å². The van der Waals surface area contributed by atoms with Crippen LogP contribution in [0.2, 0.25) is 0 Å². The molecule has 0 aromatic carbocycles. The molecule has 30 heavy (non-hydrogen) atoms. The summed E-state index contributed by atoms with van der Waals surface area (Å²) < 4.78 is 0. The van der Waals surface area contributed by atoms with Crippen LogP contribution in [0.15, 0.2) is 34.9 Å². The number of aliphatic carboxylic acids is 2. The first-order valence-electron chi connectivity index (χ1n) is 10.4. The number of carbonyl (C=O) groups excluding carboxylic acids is 1. The Balaban J connectivity index is 2.38. The summed E-state index contributed by atoms with van der Waals surface area (Å²) in [6.07, 6.45) is 10.6. The van der Waals surface area contributed by atoms with E-state index >= 15 is 0 Å². The molecular formula is C23H35NO5S. The summed E-state index contributed by atoms with van der Waals surface area (Å²) in [6.45, 7) is 8.47. The molecule has 1 amide bonds. The van der Waals surface area contributed by atoms with Gasteiger partial charge in [-0.2, -0.15) is 11.8 Å². The Morgan fingerprint density at radius 3 is 2.10 bits per heavy atom. The summed E-state index contributed by atoms with van der Waals surface area (Å²) in [6, 6.07) is 0. The summed E-state index contributed by atoms with van der Waals surface area (Å²) in [5.41, 5.74) is 2.76. The molecule has 0 spiro atoms. The maximum absolute atomic E-state index is 11.8. The third kappa shape index (κ3) is 9.65. The second-order valence-corrected chi connectivity index (χ2v) is 9.44. The molecule has 0 bridgehead atoms. The van der Waals surface area contributed by atoms with E-state index in [9.17, 15) is 19.5 Å². The van der Waals surface area contributed by atoms with Gasteiger partial charge in [-0.1, -0.05) is 34.9 Å². The Morgan fingerprint density at radius 1 is 0.933 bits per heavy atom. The normalized spacial score (nSPS) is 21.1. The third-order valence-corrected chi connectivity index (χ3v) is 6.39. The molecular weight excluding hydrogens is 402 g/mol. The molecule has 0 aromatic rings. The van der Waals surface area contributed by atoms with E-state index in [-0.39, 0.29) is 18.1 Å². The van der Waals surface area contributed by atoms with Gasteiger partial charge in [-0.15, -0.1) is 0 Å². The zero-order chi connectivity index (χ0) is 22.7. The average molecular weight is 438 g/mol. The molecule has 1 aliphatic carbocycles. The van der Waals surface area contributed by atoms with Gasteiger partial charge in [0.1, 0.15) is 0 Å². The van der Waals surface area contributed by atoms with Gasteiger partial charge in [0.15, 0.2) is 5.54 Å². The first-order chi connectivity index (χ1) is 14.1. The second-order valence-electron chi connectivity index (χ2n) is 8.20. The number of hydrogen-bond donors (Lipinski definition) is 3. The fraction of sp³-hybridized carbons (Fsp3) is 0.609. The Bertz CT molecular complexity index is 721. The number of thioether (sulfide) groups is 1. The largest absolute Gasteiger partial charge is 0.481 e. The predicted octanol–water partition coefficient (Wildman–Crippen LogP) is 4.72. The zero-order valence-electron chi connectivity index (χ0n) is 18.5. The number of rotatable bonds is 14. The topological polar surface area (TPSA) is 104 Å². The molecule has 0 aromatic heterocycles. The van der Waals surface area contributed by atoms with Gasteiger partial charge in [-0.25, -0.2) is 4.79 Å². The molecule has 0 aliphatic heterocycles. The number of hydrogen-bond acceptors (Lipinski definition) is 4. The smallest absolute Gasteiger partial charge is 0.330 e.